The van der Waals surface area contributed by atoms with Gasteiger partial charge in [-0.25, -0.2) is 0 Å². The number of morpholine rings is 1. The Labute approximate surface area is 161 Å². The van der Waals surface area contributed by atoms with Crippen LogP contribution in [-0.2, 0) is 9.53 Å². The first-order chi connectivity index (χ1) is 13.0. The van der Waals surface area contributed by atoms with E-state index in [9.17, 15) is 4.79 Å². The summed E-state index contributed by atoms with van der Waals surface area (Å²) in [7, 11) is 0. The van der Waals surface area contributed by atoms with Gasteiger partial charge in [-0.3, -0.25) is 4.79 Å². The highest BCUT2D eigenvalue weighted by Gasteiger charge is 2.22. The average Bonchev–Trinajstić information content (AvgIpc) is 2.66. The molecule has 142 valence electrons. The number of hydrogen-bond donors (Lipinski definition) is 1. The molecule has 2 unspecified atom stereocenters. The van der Waals surface area contributed by atoms with Crippen LogP contribution >= 0.6 is 0 Å². The van der Waals surface area contributed by atoms with E-state index in [-0.39, 0.29) is 24.2 Å². The van der Waals surface area contributed by atoms with Gasteiger partial charge in [0.25, 0.3) is 0 Å². The van der Waals surface area contributed by atoms with Gasteiger partial charge in [0.2, 0.25) is 5.91 Å². The Morgan fingerprint density at radius 3 is 2.52 bits per heavy atom. The molecule has 0 aliphatic carbocycles. The van der Waals surface area contributed by atoms with Crippen LogP contribution in [0.15, 0.2) is 60.7 Å². The van der Waals surface area contributed by atoms with Gasteiger partial charge in [0.05, 0.1) is 18.2 Å². The van der Waals surface area contributed by atoms with Crippen molar-refractivity contribution in [1.29, 1.82) is 0 Å². The second-order valence-electron chi connectivity index (χ2n) is 7.23. The lowest BCUT2D eigenvalue weighted by molar-refractivity contribution is -0.117. The first kappa shape index (κ1) is 19.2. The first-order valence-electron chi connectivity index (χ1n) is 9.55. The second kappa shape index (κ2) is 8.87. The number of hydrogen-bond acceptors (Lipinski definition) is 3. The van der Waals surface area contributed by atoms with Gasteiger partial charge in [0.1, 0.15) is 0 Å². The predicted octanol–water partition coefficient (Wildman–Crippen LogP) is 4.19. The van der Waals surface area contributed by atoms with Crippen molar-refractivity contribution in [3.63, 3.8) is 0 Å². The Hall–Kier alpha value is -2.59. The number of nitrogens with one attached hydrogen (secondary N) is 1. The summed E-state index contributed by atoms with van der Waals surface area (Å²) in [5.41, 5.74) is 3.29. The van der Waals surface area contributed by atoms with E-state index >= 15 is 0 Å². The molecule has 1 heterocycles. The van der Waals surface area contributed by atoms with Crippen LogP contribution < -0.4 is 10.2 Å². The Morgan fingerprint density at radius 1 is 1.11 bits per heavy atom. The van der Waals surface area contributed by atoms with E-state index in [4.69, 9.17) is 4.74 Å². The van der Waals surface area contributed by atoms with E-state index in [2.05, 4.69) is 48.3 Å². The lowest BCUT2D eigenvalue weighted by atomic mass is 10.1. The number of rotatable bonds is 5. The van der Waals surface area contributed by atoms with Gasteiger partial charge in [-0.2, -0.15) is 0 Å². The largest absolute Gasteiger partial charge is 0.372 e. The molecule has 27 heavy (non-hydrogen) atoms. The van der Waals surface area contributed by atoms with Crippen molar-refractivity contribution in [3.8, 4) is 0 Å². The number of carbonyl (C=O) groups excluding carboxylic acids is 1. The molecular weight excluding hydrogens is 336 g/mol. The number of carbonyl (C=O) groups is 1. The summed E-state index contributed by atoms with van der Waals surface area (Å²) in [5.74, 6) is -0.0922. The highest BCUT2D eigenvalue weighted by Crippen LogP contribution is 2.24. The molecular formula is C23H28N2O2. The van der Waals surface area contributed by atoms with Crippen LogP contribution in [0.5, 0.6) is 0 Å². The molecule has 4 nitrogen and oxygen atoms in total. The summed E-state index contributed by atoms with van der Waals surface area (Å²) >= 11 is 0. The van der Waals surface area contributed by atoms with Gasteiger partial charge < -0.3 is 15.0 Å². The van der Waals surface area contributed by atoms with Crippen molar-refractivity contribution < 1.29 is 9.53 Å². The molecule has 0 radical (unpaired) electrons. The molecule has 1 fully saturated rings. The standard InChI is InChI=1S/C23H28N2O2/c1-17-15-25(16-18(2)27-17)22-11-7-10-21(14-22)19(3)24-23(26)13-12-20-8-5-4-6-9-20/h4-14,17-19H,15-16H2,1-3H3,(H,24,26)/t17-,18?,19?/m0/s1. The Kier molecular flexibility index (Phi) is 6.30. The van der Waals surface area contributed by atoms with E-state index < -0.39 is 0 Å². The molecule has 3 atom stereocenters. The van der Waals surface area contributed by atoms with E-state index in [1.165, 1.54) is 5.69 Å². The van der Waals surface area contributed by atoms with E-state index in [0.29, 0.717) is 0 Å². The Balaban J connectivity index is 1.64. The first-order valence-corrected chi connectivity index (χ1v) is 9.55. The summed E-state index contributed by atoms with van der Waals surface area (Å²) in [5, 5.41) is 3.05. The molecule has 0 saturated carbocycles. The van der Waals surface area contributed by atoms with Crippen molar-refractivity contribution in [2.75, 3.05) is 18.0 Å². The van der Waals surface area contributed by atoms with Gasteiger partial charge in [0.15, 0.2) is 0 Å². The highest BCUT2D eigenvalue weighted by atomic mass is 16.5. The molecule has 1 aliphatic rings. The molecule has 0 bridgehead atoms. The minimum atomic E-state index is -0.0922. The fourth-order valence-electron chi connectivity index (χ4n) is 3.46. The van der Waals surface area contributed by atoms with E-state index in [0.717, 1.165) is 24.2 Å². The predicted molar refractivity (Wildman–Crippen MR) is 111 cm³/mol. The maximum atomic E-state index is 12.2. The highest BCUT2D eigenvalue weighted by molar-refractivity contribution is 5.91. The number of anilines is 1. The average molecular weight is 364 g/mol. The van der Waals surface area contributed by atoms with Gasteiger partial charge in [0, 0.05) is 24.9 Å². The summed E-state index contributed by atoms with van der Waals surface area (Å²) in [6.45, 7) is 7.99. The van der Waals surface area contributed by atoms with Crippen LogP contribution in [0.2, 0.25) is 0 Å². The molecule has 2 aromatic rings. The van der Waals surface area contributed by atoms with E-state index in [1.807, 2.05) is 43.3 Å². The summed E-state index contributed by atoms with van der Waals surface area (Å²) < 4.78 is 5.83. The second-order valence-corrected chi connectivity index (χ2v) is 7.23. The Morgan fingerprint density at radius 2 is 1.81 bits per heavy atom. The number of benzene rings is 2. The molecule has 0 spiro atoms. The summed E-state index contributed by atoms with van der Waals surface area (Å²) in [6, 6.07) is 18.2. The maximum Gasteiger partial charge on any atom is 0.244 e. The van der Waals surface area contributed by atoms with Crippen molar-refractivity contribution in [2.45, 2.75) is 39.0 Å². The lowest BCUT2D eigenvalue weighted by Gasteiger charge is -2.37. The topological polar surface area (TPSA) is 41.6 Å². The number of amides is 1. The van der Waals surface area contributed by atoms with Crippen molar-refractivity contribution in [2.24, 2.45) is 0 Å². The van der Waals surface area contributed by atoms with Crippen LogP contribution in [0, 0.1) is 0 Å². The van der Waals surface area contributed by atoms with Gasteiger partial charge in [-0.15, -0.1) is 0 Å². The van der Waals surface area contributed by atoms with Crippen LogP contribution in [0.1, 0.15) is 37.9 Å². The third kappa shape index (κ3) is 5.44. The lowest BCUT2D eigenvalue weighted by Crippen LogP contribution is -2.45. The third-order valence-corrected chi connectivity index (χ3v) is 4.74. The summed E-state index contributed by atoms with van der Waals surface area (Å²) in [6.07, 6.45) is 3.85. The van der Waals surface area contributed by atoms with Crippen LogP contribution in [0.25, 0.3) is 6.08 Å². The maximum absolute atomic E-state index is 12.2. The molecule has 4 heteroatoms. The minimum absolute atomic E-state index is 0.0613. The quantitative estimate of drug-likeness (QED) is 0.809. The monoisotopic (exact) mass is 364 g/mol. The van der Waals surface area contributed by atoms with Crippen molar-refractivity contribution >= 4 is 17.7 Å². The van der Waals surface area contributed by atoms with Crippen LogP contribution in [0.4, 0.5) is 5.69 Å². The smallest absolute Gasteiger partial charge is 0.244 e. The molecule has 1 amide bonds. The van der Waals surface area contributed by atoms with E-state index in [1.54, 1.807) is 6.08 Å². The fourth-order valence-corrected chi connectivity index (χ4v) is 3.46. The number of nitrogens with zero attached hydrogens (tertiary/aromatic N) is 1. The SMILES string of the molecule is CC1CN(c2cccc(C(C)NC(=O)C=Cc3ccccc3)c2)C[C@H](C)O1. The minimum Gasteiger partial charge on any atom is -0.372 e. The molecule has 3 rings (SSSR count). The third-order valence-electron chi connectivity index (χ3n) is 4.74. The zero-order chi connectivity index (χ0) is 19.2. The van der Waals surface area contributed by atoms with Crippen LogP contribution in [-0.4, -0.2) is 31.2 Å². The Bertz CT molecular complexity index is 778. The number of ether oxygens (including phenoxy) is 1. The molecule has 1 saturated heterocycles. The van der Waals surface area contributed by atoms with Crippen LogP contribution in [0.3, 0.4) is 0 Å². The zero-order valence-electron chi connectivity index (χ0n) is 16.3. The molecule has 0 aromatic heterocycles. The zero-order valence-corrected chi connectivity index (χ0v) is 16.3. The molecule has 1 aliphatic heterocycles. The van der Waals surface area contributed by atoms with Gasteiger partial charge in [-0.1, -0.05) is 42.5 Å². The van der Waals surface area contributed by atoms with Crippen molar-refractivity contribution in [3.05, 3.63) is 71.8 Å². The van der Waals surface area contributed by atoms with Gasteiger partial charge in [-0.05, 0) is 50.1 Å². The molecule has 2 aromatic carbocycles. The van der Waals surface area contributed by atoms with Gasteiger partial charge >= 0.3 is 0 Å². The fraction of sp³-hybridized carbons (Fsp3) is 0.348. The molecule has 1 N–H and O–H groups in total. The van der Waals surface area contributed by atoms with Crippen molar-refractivity contribution in [1.82, 2.24) is 5.32 Å². The summed E-state index contributed by atoms with van der Waals surface area (Å²) in [4.78, 5) is 14.6. The normalized spacial score (nSPS) is 21.2.